The van der Waals surface area contributed by atoms with E-state index in [0.717, 1.165) is 18.5 Å². The number of nitrogens with two attached hydrogens (primary N) is 1. The molecule has 0 atom stereocenters. The summed E-state index contributed by atoms with van der Waals surface area (Å²) in [7, 11) is 0. The number of anilines is 3. The largest absolute Gasteiger partial charge is 0.398 e. The smallest absolute Gasteiger partial charge is 0.198 e. The minimum absolute atomic E-state index is 0.158. The zero-order chi connectivity index (χ0) is 17.2. The second-order valence-corrected chi connectivity index (χ2v) is 6.78. The zero-order valence-corrected chi connectivity index (χ0v) is 13.5. The summed E-state index contributed by atoms with van der Waals surface area (Å²) < 4.78 is 5.45. The fourth-order valence-corrected chi connectivity index (χ4v) is 4.04. The number of hydrogen-bond acceptors (Lipinski definition) is 6. The molecule has 4 N–H and O–H groups in total. The van der Waals surface area contributed by atoms with Crippen molar-refractivity contribution in [2.24, 2.45) is 0 Å². The number of nitrogens with one attached hydrogen (secondary N) is 2. The third-order valence-electron chi connectivity index (χ3n) is 5.33. The topological polar surface area (TPSA) is 93.5 Å². The van der Waals surface area contributed by atoms with Gasteiger partial charge in [0.2, 0.25) is 0 Å². The third-order valence-corrected chi connectivity index (χ3v) is 5.33. The minimum Gasteiger partial charge on any atom is -0.398 e. The quantitative estimate of drug-likeness (QED) is 0.546. The molecule has 6 nitrogen and oxygen atoms in total. The number of fused-ring (bicyclic) bond motifs is 4. The Kier molecular flexibility index (Phi) is 2.80. The first kappa shape index (κ1) is 14.5. The van der Waals surface area contributed by atoms with Gasteiger partial charge < -0.3 is 21.1 Å². The summed E-state index contributed by atoms with van der Waals surface area (Å²) in [6.07, 6.45) is 1.58. The number of benzene rings is 2. The molecule has 0 unspecified atom stereocenters. The predicted octanol–water partition coefficient (Wildman–Crippen LogP) is 2.39. The van der Waals surface area contributed by atoms with Crippen LogP contribution >= 0.6 is 0 Å². The van der Waals surface area contributed by atoms with Gasteiger partial charge in [-0.15, -0.1) is 0 Å². The van der Waals surface area contributed by atoms with Gasteiger partial charge >= 0.3 is 0 Å². The number of rotatable bonds is 0. The number of ether oxygens (including phenoxy) is 1. The molecule has 2 aliphatic heterocycles. The first-order valence-electron chi connectivity index (χ1n) is 8.39. The molecular weight excluding hydrogens is 318 g/mol. The Morgan fingerprint density at radius 1 is 0.920 bits per heavy atom. The van der Waals surface area contributed by atoms with Gasteiger partial charge in [0.15, 0.2) is 11.6 Å². The van der Waals surface area contributed by atoms with Crippen molar-refractivity contribution in [1.82, 2.24) is 0 Å². The van der Waals surface area contributed by atoms with E-state index in [1.807, 2.05) is 6.07 Å². The van der Waals surface area contributed by atoms with Gasteiger partial charge in [-0.3, -0.25) is 9.59 Å². The van der Waals surface area contributed by atoms with Crippen LogP contribution in [0.4, 0.5) is 17.1 Å². The second-order valence-electron chi connectivity index (χ2n) is 6.78. The van der Waals surface area contributed by atoms with Crippen molar-refractivity contribution in [3.8, 4) is 0 Å². The SMILES string of the molecule is Nc1cccc2c1C(=O)c1c(ccc3c1NC1(CCOCC1)N3)C2=O. The number of carbonyl (C=O) groups excluding carboxylic acids is 2. The highest BCUT2D eigenvalue weighted by molar-refractivity contribution is 6.32. The standard InChI is InChI=1S/C19H17N3O3/c20-12-3-1-2-10-14(12)18(24)15-11(17(10)23)4-5-13-16(15)22-19(21-13)6-8-25-9-7-19/h1-5,21-22H,6-9,20H2. The Morgan fingerprint density at radius 2 is 1.68 bits per heavy atom. The van der Waals surface area contributed by atoms with E-state index in [4.69, 9.17) is 10.5 Å². The maximum Gasteiger partial charge on any atom is 0.198 e. The van der Waals surface area contributed by atoms with Crippen LogP contribution in [-0.4, -0.2) is 30.4 Å². The van der Waals surface area contributed by atoms with Crippen LogP contribution in [-0.2, 0) is 4.74 Å². The van der Waals surface area contributed by atoms with Gasteiger partial charge in [-0.25, -0.2) is 0 Å². The van der Waals surface area contributed by atoms with Gasteiger partial charge in [-0.1, -0.05) is 12.1 Å². The number of nitrogen functional groups attached to an aromatic ring is 1. The summed E-state index contributed by atoms with van der Waals surface area (Å²) in [6, 6.07) is 8.62. The van der Waals surface area contributed by atoms with E-state index in [2.05, 4.69) is 10.6 Å². The summed E-state index contributed by atoms with van der Waals surface area (Å²) >= 11 is 0. The van der Waals surface area contributed by atoms with Crippen LogP contribution in [0, 0.1) is 0 Å². The van der Waals surface area contributed by atoms with Crippen molar-refractivity contribution in [2.45, 2.75) is 18.5 Å². The summed E-state index contributed by atoms with van der Waals surface area (Å²) in [5.74, 6) is -0.354. The van der Waals surface area contributed by atoms with Gasteiger partial charge in [0.25, 0.3) is 0 Å². The van der Waals surface area contributed by atoms with Crippen LogP contribution in [0.5, 0.6) is 0 Å². The highest BCUT2D eigenvalue weighted by Crippen LogP contribution is 2.45. The molecule has 6 heteroatoms. The van der Waals surface area contributed by atoms with Crippen molar-refractivity contribution in [3.63, 3.8) is 0 Å². The molecule has 126 valence electrons. The fourth-order valence-electron chi connectivity index (χ4n) is 4.04. The van der Waals surface area contributed by atoms with E-state index in [-0.39, 0.29) is 17.2 Å². The molecule has 2 aromatic rings. The number of hydrogen-bond donors (Lipinski definition) is 3. The first-order valence-corrected chi connectivity index (χ1v) is 8.39. The molecule has 1 saturated heterocycles. The van der Waals surface area contributed by atoms with E-state index in [1.54, 1.807) is 24.3 Å². The van der Waals surface area contributed by atoms with E-state index in [9.17, 15) is 9.59 Å². The van der Waals surface area contributed by atoms with E-state index in [0.29, 0.717) is 46.8 Å². The zero-order valence-electron chi connectivity index (χ0n) is 13.5. The normalized spacial score (nSPS) is 19.7. The average molecular weight is 335 g/mol. The molecule has 0 saturated carbocycles. The highest BCUT2D eigenvalue weighted by atomic mass is 16.5. The lowest BCUT2D eigenvalue weighted by Gasteiger charge is -2.34. The summed E-state index contributed by atoms with van der Waals surface area (Å²) in [6.45, 7) is 1.30. The van der Waals surface area contributed by atoms with Crippen LogP contribution < -0.4 is 16.4 Å². The van der Waals surface area contributed by atoms with Crippen molar-refractivity contribution in [3.05, 3.63) is 52.6 Å². The fraction of sp³-hybridized carbons (Fsp3) is 0.263. The van der Waals surface area contributed by atoms with E-state index in [1.165, 1.54) is 0 Å². The van der Waals surface area contributed by atoms with Crippen LogP contribution in [0.3, 0.4) is 0 Å². The minimum atomic E-state index is -0.318. The average Bonchev–Trinajstić information content (AvgIpc) is 2.96. The highest BCUT2D eigenvalue weighted by Gasteiger charge is 2.42. The van der Waals surface area contributed by atoms with Crippen molar-refractivity contribution >= 4 is 28.6 Å². The van der Waals surface area contributed by atoms with E-state index < -0.39 is 0 Å². The lowest BCUT2D eigenvalue weighted by atomic mass is 9.82. The van der Waals surface area contributed by atoms with Crippen LogP contribution in [0.15, 0.2) is 30.3 Å². The lowest BCUT2D eigenvalue weighted by Crippen LogP contribution is -2.46. The van der Waals surface area contributed by atoms with Gasteiger partial charge in [0.1, 0.15) is 5.66 Å². The van der Waals surface area contributed by atoms with Gasteiger partial charge in [0.05, 0.1) is 35.7 Å². The van der Waals surface area contributed by atoms with Crippen molar-refractivity contribution in [2.75, 3.05) is 29.6 Å². The Balaban J connectivity index is 1.68. The summed E-state index contributed by atoms with van der Waals surface area (Å²) in [4.78, 5) is 26.1. The molecule has 25 heavy (non-hydrogen) atoms. The summed E-state index contributed by atoms with van der Waals surface area (Å²) in [5, 5.41) is 6.96. The summed E-state index contributed by atoms with van der Waals surface area (Å²) in [5.41, 5.74) is 9.11. The predicted molar refractivity (Wildman–Crippen MR) is 94.2 cm³/mol. The monoisotopic (exact) mass is 335 g/mol. The molecule has 2 heterocycles. The Bertz CT molecular complexity index is 945. The Hall–Kier alpha value is -2.86. The number of carbonyl (C=O) groups is 2. The van der Waals surface area contributed by atoms with Crippen LogP contribution in [0.2, 0.25) is 0 Å². The maximum absolute atomic E-state index is 13.2. The second kappa shape index (κ2) is 4.83. The third kappa shape index (κ3) is 1.88. The molecule has 5 rings (SSSR count). The Labute approximate surface area is 144 Å². The molecule has 0 bridgehead atoms. The number of ketones is 2. The molecule has 1 spiro atoms. The van der Waals surface area contributed by atoms with Crippen LogP contribution in [0.1, 0.15) is 44.7 Å². The molecule has 1 fully saturated rings. The molecule has 3 aliphatic rings. The van der Waals surface area contributed by atoms with Gasteiger partial charge in [-0.2, -0.15) is 0 Å². The molecular formula is C19H17N3O3. The molecule has 0 radical (unpaired) electrons. The first-order chi connectivity index (χ1) is 12.1. The van der Waals surface area contributed by atoms with Crippen molar-refractivity contribution < 1.29 is 14.3 Å². The molecule has 2 aromatic carbocycles. The van der Waals surface area contributed by atoms with E-state index >= 15 is 0 Å². The molecule has 0 amide bonds. The maximum atomic E-state index is 13.2. The molecule has 0 aromatic heterocycles. The molecule has 1 aliphatic carbocycles. The van der Waals surface area contributed by atoms with Gasteiger partial charge in [0, 0.05) is 29.7 Å². The lowest BCUT2D eigenvalue weighted by molar-refractivity contribution is 0.0696. The van der Waals surface area contributed by atoms with Crippen molar-refractivity contribution in [1.29, 1.82) is 0 Å². The van der Waals surface area contributed by atoms with Crippen LogP contribution in [0.25, 0.3) is 0 Å². The Morgan fingerprint density at radius 3 is 2.48 bits per heavy atom. The van der Waals surface area contributed by atoms with Gasteiger partial charge in [-0.05, 0) is 18.2 Å².